The predicted molar refractivity (Wildman–Crippen MR) is 102 cm³/mol. The van der Waals surface area contributed by atoms with E-state index in [0.717, 1.165) is 6.42 Å². The van der Waals surface area contributed by atoms with Crippen LogP contribution in [0.15, 0.2) is 78.9 Å². The van der Waals surface area contributed by atoms with E-state index in [9.17, 15) is 0 Å². The second kappa shape index (κ2) is 11.1. The van der Waals surface area contributed by atoms with Gasteiger partial charge in [-0.1, -0.05) is 39.3 Å². The minimum Gasteiger partial charge on any atom is -1.00 e. The second-order valence-electron chi connectivity index (χ2n) is 7.34. The van der Waals surface area contributed by atoms with E-state index in [2.05, 4.69) is 99.6 Å². The molecule has 3 heteroatoms. The fourth-order valence-corrected chi connectivity index (χ4v) is 3.01. The second-order valence-corrected chi connectivity index (χ2v) is 7.34. The molecule has 0 saturated heterocycles. The van der Waals surface area contributed by atoms with Crippen molar-refractivity contribution in [3.05, 3.63) is 84.4 Å². The van der Waals surface area contributed by atoms with Gasteiger partial charge in [0, 0.05) is 0 Å². The third-order valence-corrected chi connectivity index (χ3v) is 4.04. The molecular weight excluding hydrogens is 438 g/mol. The summed E-state index contributed by atoms with van der Waals surface area (Å²) in [5.74, 6) is 0. The van der Waals surface area contributed by atoms with Crippen molar-refractivity contribution in [1.29, 1.82) is 0 Å². The van der Waals surface area contributed by atoms with Gasteiger partial charge >= 0.3 is 26.2 Å². The molecule has 0 aliphatic carbocycles. The van der Waals surface area contributed by atoms with Crippen molar-refractivity contribution < 1.29 is 51.0 Å². The summed E-state index contributed by atoms with van der Waals surface area (Å²) in [6.45, 7) is 6.86. The van der Waals surface area contributed by atoms with Gasteiger partial charge in [-0.2, -0.15) is 23.1 Å². The largest absolute Gasteiger partial charge is 4.00 e. The molecule has 0 bridgehead atoms. The smallest absolute Gasteiger partial charge is 1.00 e. The van der Waals surface area contributed by atoms with Crippen LogP contribution in [0.2, 0.25) is 0 Å². The maximum Gasteiger partial charge on any atom is 4.00 e. The van der Waals surface area contributed by atoms with Gasteiger partial charge in [0.1, 0.15) is 0 Å². The Labute approximate surface area is 188 Å². The van der Waals surface area contributed by atoms with E-state index in [1.165, 1.54) is 27.1 Å². The van der Waals surface area contributed by atoms with Crippen LogP contribution in [0.25, 0.3) is 21.5 Å². The summed E-state index contributed by atoms with van der Waals surface area (Å²) in [5.41, 5.74) is 1.85. The van der Waals surface area contributed by atoms with Crippen LogP contribution in [-0.2, 0) is 32.6 Å². The van der Waals surface area contributed by atoms with Crippen LogP contribution >= 0.6 is 0 Å². The normalized spacial score (nSPS) is 10.1. The summed E-state index contributed by atoms with van der Waals surface area (Å²) in [6, 6.07) is 27.8. The first kappa shape index (κ1) is 25.1. The van der Waals surface area contributed by atoms with Crippen molar-refractivity contribution >= 4 is 21.5 Å². The Balaban J connectivity index is 0.000000460. The molecule has 0 spiro atoms. The maximum absolute atomic E-state index is 2.29. The first-order chi connectivity index (χ1) is 11.0. The van der Waals surface area contributed by atoms with E-state index in [4.69, 9.17) is 0 Å². The van der Waals surface area contributed by atoms with Crippen molar-refractivity contribution in [2.45, 2.75) is 27.2 Å². The molecule has 26 heavy (non-hydrogen) atoms. The van der Waals surface area contributed by atoms with Gasteiger partial charge in [-0.15, -0.1) is 70.8 Å². The number of hydrogen-bond donors (Lipinski definition) is 0. The minimum atomic E-state index is 0. The fourth-order valence-electron chi connectivity index (χ4n) is 3.01. The Bertz CT molecular complexity index is 867. The van der Waals surface area contributed by atoms with Crippen molar-refractivity contribution in [2.75, 3.05) is 0 Å². The maximum atomic E-state index is 2.29. The van der Waals surface area contributed by atoms with Crippen molar-refractivity contribution in [3.63, 3.8) is 0 Å². The van der Waals surface area contributed by atoms with Gasteiger partial charge in [0.05, 0.1) is 0 Å². The Kier molecular flexibility index (Phi) is 10.7. The average molecular weight is 463 g/mol. The van der Waals surface area contributed by atoms with Crippen LogP contribution in [0.3, 0.4) is 0 Å². The molecule has 4 aromatic rings. The zero-order valence-corrected chi connectivity index (χ0v) is 19.4. The van der Waals surface area contributed by atoms with E-state index >= 15 is 0 Å². The molecule has 0 saturated carbocycles. The van der Waals surface area contributed by atoms with E-state index in [0.29, 0.717) is 5.41 Å². The van der Waals surface area contributed by atoms with E-state index in [1.807, 2.05) is 0 Å². The Morgan fingerprint density at radius 3 is 2.04 bits per heavy atom. The molecule has 0 heterocycles. The quantitative estimate of drug-likeness (QED) is 0.366. The molecule has 0 radical (unpaired) electrons. The molecule has 134 valence electrons. The average Bonchev–Trinajstić information content (AvgIpc) is 3.14. The number of hydrogen-bond acceptors (Lipinski definition) is 0. The molecule has 0 aliphatic rings. The van der Waals surface area contributed by atoms with Crippen LogP contribution in [-0.4, -0.2) is 0 Å². The molecule has 0 unspecified atom stereocenters. The van der Waals surface area contributed by atoms with Gasteiger partial charge in [-0.05, 0) is 5.41 Å². The molecule has 0 aromatic heterocycles. The molecule has 0 atom stereocenters. The van der Waals surface area contributed by atoms with Gasteiger partial charge in [0.25, 0.3) is 0 Å². The Morgan fingerprint density at radius 1 is 0.769 bits per heavy atom. The molecule has 0 nitrogen and oxygen atoms in total. The van der Waals surface area contributed by atoms with Gasteiger partial charge < -0.3 is 24.8 Å². The van der Waals surface area contributed by atoms with Gasteiger partial charge in [-0.25, -0.2) is 0 Å². The summed E-state index contributed by atoms with van der Waals surface area (Å²) in [5, 5.41) is 5.45. The number of halogens is 2. The Morgan fingerprint density at radius 2 is 1.38 bits per heavy atom. The third-order valence-electron chi connectivity index (χ3n) is 4.04. The monoisotopic (exact) mass is 460 g/mol. The molecule has 0 N–H and O–H groups in total. The molecule has 0 fully saturated rings. The van der Waals surface area contributed by atoms with E-state index in [1.54, 1.807) is 0 Å². The van der Waals surface area contributed by atoms with Crippen LogP contribution in [0.5, 0.6) is 0 Å². The molecule has 0 amide bonds. The van der Waals surface area contributed by atoms with Crippen LogP contribution < -0.4 is 24.8 Å². The molecular formula is C23H24Cl2Zr. The summed E-state index contributed by atoms with van der Waals surface area (Å²) < 4.78 is 0. The number of benzene rings is 2. The van der Waals surface area contributed by atoms with Crippen molar-refractivity contribution in [3.8, 4) is 0 Å². The molecule has 4 rings (SSSR count). The summed E-state index contributed by atoms with van der Waals surface area (Å²) in [7, 11) is 0. The van der Waals surface area contributed by atoms with Gasteiger partial charge in [-0.3, -0.25) is 0 Å². The fraction of sp³-hybridized carbons (Fsp3) is 0.217. The minimum absolute atomic E-state index is 0. The zero-order chi connectivity index (χ0) is 16.3. The summed E-state index contributed by atoms with van der Waals surface area (Å²) in [4.78, 5) is 0. The first-order valence-corrected chi connectivity index (χ1v) is 8.27. The van der Waals surface area contributed by atoms with E-state index in [-0.39, 0.29) is 51.0 Å². The molecule has 4 aromatic carbocycles. The van der Waals surface area contributed by atoms with Crippen molar-refractivity contribution in [1.82, 2.24) is 0 Å². The topological polar surface area (TPSA) is 0 Å². The van der Waals surface area contributed by atoms with Crippen molar-refractivity contribution in [2.24, 2.45) is 5.41 Å². The molecule has 0 aliphatic heterocycles. The number of rotatable bonds is 1. The van der Waals surface area contributed by atoms with E-state index < -0.39 is 0 Å². The number of fused-ring (bicyclic) bond motifs is 2. The zero-order valence-electron chi connectivity index (χ0n) is 15.5. The van der Waals surface area contributed by atoms with Crippen LogP contribution in [0.4, 0.5) is 0 Å². The van der Waals surface area contributed by atoms with Crippen LogP contribution in [0.1, 0.15) is 26.3 Å². The van der Waals surface area contributed by atoms with Crippen LogP contribution in [0, 0.1) is 5.41 Å². The standard InChI is InChI=1S/C14H17.C9H7.2ClH.Zr/c1-14(2,3)10-12-9-8-11-6-4-5-7-13(11)12;1-2-5-9-7-3-6-8(9)4-1;;;/h4-9H,10H2,1-3H3;1-7H;2*1H;/q2*-1;;;+4/p-2. The summed E-state index contributed by atoms with van der Waals surface area (Å²) in [6.07, 6.45) is 1.15. The SMILES string of the molecule is CC(C)(C)Cc1c[cH-]c2ccccc12.[Cl-].[Cl-].[Zr+4].c1ccc2[cH-]ccc2c1. The van der Waals surface area contributed by atoms with Gasteiger partial charge in [0.2, 0.25) is 0 Å². The Hall–Kier alpha value is -0.877. The summed E-state index contributed by atoms with van der Waals surface area (Å²) >= 11 is 0. The third kappa shape index (κ3) is 6.69. The first-order valence-electron chi connectivity index (χ1n) is 8.27. The van der Waals surface area contributed by atoms with Gasteiger partial charge in [0.15, 0.2) is 0 Å². The predicted octanol–water partition coefficient (Wildman–Crippen LogP) is 0.712.